The van der Waals surface area contributed by atoms with E-state index in [0.717, 1.165) is 37.4 Å². The van der Waals surface area contributed by atoms with Crippen molar-refractivity contribution in [3.05, 3.63) is 23.5 Å². The Hall–Kier alpha value is -1.25. The molecule has 0 spiro atoms. The number of anilines is 2. The molecule has 0 radical (unpaired) electrons. The van der Waals surface area contributed by atoms with Gasteiger partial charge in [-0.1, -0.05) is 0 Å². The Balaban J connectivity index is 1.94. The van der Waals surface area contributed by atoms with Gasteiger partial charge in [-0.15, -0.1) is 0 Å². The van der Waals surface area contributed by atoms with Gasteiger partial charge in [-0.05, 0) is 43.4 Å². The summed E-state index contributed by atoms with van der Waals surface area (Å²) in [6.45, 7) is 2.95. The van der Waals surface area contributed by atoms with Gasteiger partial charge < -0.3 is 10.2 Å². The predicted molar refractivity (Wildman–Crippen MR) is 64.7 cm³/mol. The lowest BCUT2D eigenvalue weighted by atomic mass is 10.1. The summed E-state index contributed by atoms with van der Waals surface area (Å²) in [6, 6.07) is 3.70. The van der Waals surface area contributed by atoms with Crippen LogP contribution in [0, 0.1) is 5.82 Å². The van der Waals surface area contributed by atoms with E-state index in [0.29, 0.717) is 0 Å². The number of rotatable bonds is 1. The average molecular weight is 220 g/mol. The Morgan fingerprint density at radius 3 is 2.75 bits per heavy atom. The molecular weight excluding hydrogens is 203 g/mol. The molecule has 2 aliphatic rings. The van der Waals surface area contributed by atoms with Crippen LogP contribution in [-0.4, -0.2) is 19.6 Å². The number of nitrogens with zero attached hydrogens (tertiary/aromatic N) is 1. The fraction of sp³-hybridized carbons (Fsp3) is 0.538. The first-order chi connectivity index (χ1) is 7.84. The minimum atomic E-state index is -0.0740. The molecule has 3 rings (SSSR count). The average Bonchev–Trinajstić information content (AvgIpc) is 2.76. The van der Waals surface area contributed by atoms with Crippen LogP contribution in [0.3, 0.4) is 0 Å². The number of hydrogen-bond donors (Lipinski definition) is 1. The summed E-state index contributed by atoms with van der Waals surface area (Å²) in [4.78, 5) is 2.19. The summed E-state index contributed by atoms with van der Waals surface area (Å²) in [5.41, 5.74) is 3.06. The summed E-state index contributed by atoms with van der Waals surface area (Å²) in [5.74, 6) is -0.0740. The Kier molecular flexibility index (Phi) is 2.46. The lowest BCUT2D eigenvalue weighted by Gasteiger charge is -2.29. The van der Waals surface area contributed by atoms with Crippen LogP contribution in [0.4, 0.5) is 15.8 Å². The highest BCUT2D eigenvalue weighted by molar-refractivity contribution is 5.64. The summed E-state index contributed by atoms with van der Waals surface area (Å²) in [6.07, 6.45) is 4.69. The third-order valence-electron chi connectivity index (χ3n) is 3.58. The molecule has 0 unspecified atom stereocenters. The molecule has 1 aromatic carbocycles. The van der Waals surface area contributed by atoms with Gasteiger partial charge in [0.25, 0.3) is 0 Å². The molecule has 3 heteroatoms. The highest BCUT2D eigenvalue weighted by Crippen LogP contribution is 2.31. The van der Waals surface area contributed by atoms with E-state index in [1.54, 1.807) is 6.07 Å². The second-order valence-corrected chi connectivity index (χ2v) is 4.69. The first kappa shape index (κ1) is 9.94. The Bertz CT molecular complexity index is 397. The zero-order chi connectivity index (χ0) is 11.0. The maximum atomic E-state index is 13.9. The number of piperidine rings is 1. The molecule has 0 aromatic heterocycles. The van der Waals surface area contributed by atoms with Gasteiger partial charge in [0.2, 0.25) is 0 Å². The summed E-state index contributed by atoms with van der Waals surface area (Å²) >= 11 is 0. The van der Waals surface area contributed by atoms with Crippen molar-refractivity contribution in [1.29, 1.82) is 0 Å². The van der Waals surface area contributed by atoms with Crippen LogP contribution in [0.1, 0.15) is 24.8 Å². The number of fused-ring (bicyclic) bond motifs is 1. The largest absolute Gasteiger partial charge is 0.384 e. The highest BCUT2D eigenvalue weighted by Gasteiger charge is 2.19. The van der Waals surface area contributed by atoms with E-state index in [1.165, 1.54) is 24.8 Å². The van der Waals surface area contributed by atoms with Crippen LogP contribution in [-0.2, 0) is 6.42 Å². The van der Waals surface area contributed by atoms with Crippen molar-refractivity contribution in [3.8, 4) is 0 Å². The molecule has 1 saturated heterocycles. The minimum absolute atomic E-state index is 0.0740. The lowest BCUT2D eigenvalue weighted by molar-refractivity contribution is 0.557. The van der Waals surface area contributed by atoms with Crippen LogP contribution >= 0.6 is 0 Å². The van der Waals surface area contributed by atoms with E-state index in [2.05, 4.69) is 10.2 Å². The SMILES string of the molecule is Fc1cc2c(cc1N1CCCCC1)CCN2. The number of benzene rings is 1. The fourth-order valence-corrected chi connectivity index (χ4v) is 2.69. The summed E-state index contributed by atoms with van der Waals surface area (Å²) in [5, 5.41) is 3.21. The second kappa shape index (κ2) is 3.96. The molecule has 0 saturated carbocycles. The normalized spacial score (nSPS) is 19.4. The molecule has 0 atom stereocenters. The second-order valence-electron chi connectivity index (χ2n) is 4.69. The molecule has 1 aromatic rings. The smallest absolute Gasteiger partial charge is 0.148 e. The van der Waals surface area contributed by atoms with Gasteiger partial charge in [0, 0.05) is 25.3 Å². The Morgan fingerprint density at radius 1 is 1.12 bits per heavy atom. The minimum Gasteiger partial charge on any atom is -0.384 e. The maximum Gasteiger partial charge on any atom is 0.148 e. The quantitative estimate of drug-likeness (QED) is 0.783. The van der Waals surface area contributed by atoms with Gasteiger partial charge in [-0.25, -0.2) is 4.39 Å². The summed E-state index contributed by atoms with van der Waals surface area (Å²) < 4.78 is 13.9. The summed E-state index contributed by atoms with van der Waals surface area (Å²) in [7, 11) is 0. The maximum absolute atomic E-state index is 13.9. The van der Waals surface area contributed by atoms with Crippen molar-refractivity contribution < 1.29 is 4.39 Å². The van der Waals surface area contributed by atoms with Gasteiger partial charge in [-0.2, -0.15) is 0 Å². The van der Waals surface area contributed by atoms with E-state index < -0.39 is 0 Å². The molecule has 1 N–H and O–H groups in total. The zero-order valence-corrected chi connectivity index (χ0v) is 9.43. The first-order valence-electron chi connectivity index (χ1n) is 6.16. The molecule has 16 heavy (non-hydrogen) atoms. The zero-order valence-electron chi connectivity index (χ0n) is 9.43. The molecule has 2 heterocycles. The molecule has 2 aliphatic heterocycles. The third-order valence-corrected chi connectivity index (χ3v) is 3.58. The highest BCUT2D eigenvalue weighted by atomic mass is 19.1. The van der Waals surface area contributed by atoms with Crippen molar-refractivity contribution >= 4 is 11.4 Å². The third kappa shape index (κ3) is 1.64. The van der Waals surface area contributed by atoms with E-state index in [1.807, 2.05) is 6.07 Å². The standard InChI is InChI=1S/C13H17FN2/c14-11-9-12-10(4-5-15-12)8-13(11)16-6-2-1-3-7-16/h8-9,15H,1-7H2. The topological polar surface area (TPSA) is 15.3 Å². The molecule has 0 amide bonds. The number of halogens is 1. The molecule has 86 valence electrons. The van der Waals surface area contributed by atoms with Crippen LogP contribution in [0.15, 0.2) is 12.1 Å². The van der Waals surface area contributed by atoms with Crippen LogP contribution in [0.2, 0.25) is 0 Å². The van der Waals surface area contributed by atoms with Crippen LogP contribution in [0.25, 0.3) is 0 Å². The molecule has 1 fully saturated rings. The molecule has 2 nitrogen and oxygen atoms in total. The lowest BCUT2D eigenvalue weighted by Crippen LogP contribution is -2.30. The first-order valence-corrected chi connectivity index (χ1v) is 6.16. The van der Waals surface area contributed by atoms with Gasteiger partial charge >= 0.3 is 0 Å². The molecular formula is C13H17FN2. The van der Waals surface area contributed by atoms with E-state index in [9.17, 15) is 4.39 Å². The molecule has 0 bridgehead atoms. The Labute approximate surface area is 95.4 Å². The van der Waals surface area contributed by atoms with Gasteiger partial charge in [0.05, 0.1) is 5.69 Å². The van der Waals surface area contributed by atoms with E-state index in [4.69, 9.17) is 0 Å². The van der Waals surface area contributed by atoms with Crippen LogP contribution in [0.5, 0.6) is 0 Å². The van der Waals surface area contributed by atoms with E-state index in [-0.39, 0.29) is 5.82 Å². The van der Waals surface area contributed by atoms with Gasteiger partial charge in [-0.3, -0.25) is 0 Å². The van der Waals surface area contributed by atoms with Gasteiger partial charge in [0.15, 0.2) is 0 Å². The van der Waals surface area contributed by atoms with Crippen LogP contribution < -0.4 is 10.2 Å². The van der Waals surface area contributed by atoms with Crippen molar-refractivity contribution in [2.24, 2.45) is 0 Å². The number of nitrogens with one attached hydrogen (secondary N) is 1. The molecule has 0 aliphatic carbocycles. The fourth-order valence-electron chi connectivity index (χ4n) is 2.69. The Morgan fingerprint density at radius 2 is 1.94 bits per heavy atom. The van der Waals surface area contributed by atoms with Crippen molar-refractivity contribution in [1.82, 2.24) is 0 Å². The monoisotopic (exact) mass is 220 g/mol. The predicted octanol–water partition coefficient (Wildman–Crippen LogP) is 2.78. The van der Waals surface area contributed by atoms with Crippen molar-refractivity contribution in [2.45, 2.75) is 25.7 Å². The number of hydrogen-bond acceptors (Lipinski definition) is 2. The van der Waals surface area contributed by atoms with Gasteiger partial charge in [0.1, 0.15) is 5.82 Å². The van der Waals surface area contributed by atoms with Crippen molar-refractivity contribution in [2.75, 3.05) is 29.9 Å². The van der Waals surface area contributed by atoms with E-state index >= 15 is 0 Å². The van der Waals surface area contributed by atoms with Crippen molar-refractivity contribution in [3.63, 3.8) is 0 Å².